The van der Waals surface area contributed by atoms with Crippen LogP contribution in [0.25, 0.3) is 0 Å². The van der Waals surface area contributed by atoms with E-state index in [9.17, 15) is 18.0 Å². The number of hydrogen-bond donors (Lipinski definition) is 1. The molecule has 0 unspecified atom stereocenters. The van der Waals surface area contributed by atoms with Crippen molar-refractivity contribution >= 4 is 39.2 Å². The molecular weight excluding hydrogens is 406 g/mol. The Morgan fingerprint density at radius 1 is 1.11 bits per heavy atom. The molecule has 0 aliphatic carbocycles. The van der Waals surface area contributed by atoms with Crippen LogP contribution in [0.15, 0.2) is 47.5 Å². The van der Waals surface area contributed by atoms with E-state index in [1.54, 1.807) is 13.8 Å². The van der Waals surface area contributed by atoms with E-state index in [0.29, 0.717) is 18.8 Å². The number of nitrogens with zero attached hydrogens (tertiary/aromatic N) is 2. The Balaban J connectivity index is 1.94. The summed E-state index contributed by atoms with van der Waals surface area (Å²) in [6.07, 6.45) is 1.25. The predicted octanol–water partition coefficient (Wildman–Crippen LogP) is 2.56. The van der Waals surface area contributed by atoms with Crippen molar-refractivity contribution in [2.24, 2.45) is 0 Å². The SMILES string of the molecule is CCN(CC)S(=O)(=O)c1ccc(NC(=O)COC(=O)c2ccc(Cl)nc2)cc1. The van der Waals surface area contributed by atoms with Gasteiger partial charge < -0.3 is 10.1 Å². The van der Waals surface area contributed by atoms with Crippen molar-refractivity contribution in [3.8, 4) is 0 Å². The molecule has 1 N–H and O–H groups in total. The van der Waals surface area contributed by atoms with Crippen molar-refractivity contribution in [3.05, 3.63) is 53.3 Å². The molecule has 0 saturated heterocycles. The molecular formula is C18H20ClN3O5S. The van der Waals surface area contributed by atoms with Crippen LogP contribution < -0.4 is 5.32 Å². The van der Waals surface area contributed by atoms with Gasteiger partial charge in [-0.15, -0.1) is 0 Å². The standard InChI is InChI=1S/C18H20ClN3O5S/c1-3-22(4-2)28(25,26)15-8-6-14(7-9-15)21-17(23)12-27-18(24)13-5-10-16(19)20-11-13/h5-11H,3-4,12H2,1-2H3,(H,21,23). The van der Waals surface area contributed by atoms with Gasteiger partial charge in [0.15, 0.2) is 6.61 Å². The van der Waals surface area contributed by atoms with E-state index in [4.69, 9.17) is 16.3 Å². The Morgan fingerprint density at radius 2 is 1.75 bits per heavy atom. The van der Waals surface area contributed by atoms with Gasteiger partial charge in [-0.2, -0.15) is 4.31 Å². The molecule has 1 aromatic heterocycles. The number of sulfonamides is 1. The molecule has 2 rings (SSSR count). The van der Waals surface area contributed by atoms with Gasteiger partial charge in [0.25, 0.3) is 5.91 Å². The van der Waals surface area contributed by atoms with Crippen LogP contribution >= 0.6 is 11.6 Å². The lowest BCUT2D eigenvalue weighted by molar-refractivity contribution is -0.119. The minimum Gasteiger partial charge on any atom is -0.452 e. The fraction of sp³-hybridized carbons (Fsp3) is 0.278. The molecule has 1 aromatic carbocycles. The van der Waals surface area contributed by atoms with Gasteiger partial charge in [-0.1, -0.05) is 25.4 Å². The average molecular weight is 426 g/mol. The molecule has 1 heterocycles. The molecule has 0 radical (unpaired) electrons. The highest BCUT2D eigenvalue weighted by Gasteiger charge is 2.21. The van der Waals surface area contributed by atoms with Crippen LogP contribution in [0.2, 0.25) is 5.15 Å². The van der Waals surface area contributed by atoms with E-state index in [-0.39, 0.29) is 15.6 Å². The Bertz CT molecular complexity index is 927. The van der Waals surface area contributed by atoms with Crippen LogP contribution in [-0.4, -0.2) is 49.3 Å². The van der Waals surface area contributed by atoms with Gasteiger partial charge in [0.1, 0.15) is 5.15 Å². The molecule has 0 spiro atoms. The summed E-state index contributed by atoms with van der Waals surface area (Å²) < 4.78 is 31.1. The second-order valence-corrected chi connectivity index (χ2v) is 7.93. The van der Waals surface area contributed by atoms with Gasteiger partial charge in [0, 0.05) is 25.0 Å². The van der Waals surface area contributed by atoms with E-state index >= 15 is 0 Å². The van der Waals surface area contributed by atoms with Crippen molar-refractivity contribution in [1.29, 1.82) is 0 Å². The molecule has 0 fully saturated rings. The average Bonchev–Trinajstić information content (AvgIpc) is 2.68. The zero-order valence-electron chi connectivity index (χ0n) is 15.4. The topological polar surface area (TPSA) is 106 Å². The smallest absolute Gasteiger partial charge is 0.340 e. The van der Waals surface area contributed by atoms with Gasteiger partial charge in [0.05, 0.1) is 10.5 Å². The number of aromatic nitrogens is 1. The van der Waals surface area contributed by atoms with Crippen molar-refractivity contribution in [3.63, 3.8) is 0 Å². The quantitative estimate of drug-likeness (QED) is 0.514. The third kappa shape index (κ3) is 5.51. The first-order valence-corrected chi connectivity index (χ1v) is 10.3. The Labute approximate surface area is 168 Å². The molecule has 1 amide bonds. The first-order valence-electron chi connectivity index (χ1n) is 8.46. The van der Waals surface area contributed by atoms with Gasteiger partial charge >= 0.3 is 5.97 Å². The van der Waals surface area contributed by atoms with Crippen LogP contribution in [0.3, 0.4) is 0 Å². The molecule has 0 atom stereocenters. The maximum atomic E-state index is 12.4. The first kappa shape index (κ1) is 21.8. The zero-order chi connectivity index (χ0) is 20.7. The number of nitrogens with one attached hydrogen (secondary N) is 1. The molecule has 2 aromatic rings. The van der Waals surface area contributed by atoms with Crippen LogP contribution in [-0.2, 0) is 19.6 Å². The summed E-state index contributed by atoms with van der Waals surface area (Å²) in [6.45, 7) is 3.76. The fourth-order valence-electron chi connectivity index (χ4n) is 2.33. The molecule has 0 aliphatic rings. The summed E-state index contributed by atoms with van der Waals surface area (Å²) >= 11 is 5.64. The van der Waals surface area contributed by atoms with Crippen LogP contribution in [0.1, 0.15) is 24.2 Å². The van der Waals surface area contributed by atoms with E-state index in [2.05, 4.69) is 10.3 Å². The lowest BCUT2D eigenvalue weighted by atomic mass is 10.3. The summed E-state index contributed by atoms with van der Waals surface area (Å²) in [5.74, 6) is -1.27. The number of pyridine rings is 1. The fourth-order valence-corrected chi connectivity index (χ4v) is 3.90. The summed E-state index contributed by atoms with van der Waals surface area (Å²) in [4.78, 5) is 27.7. The minimum atomic E-state index is -3.57. The maximum Gasteiger partial charge on any atom is 0.340 e. The van der Waals surface area contributed by atoms with Gasteiger partial charge in [0.2, 0.25) is 10.0 Å². The van der Waals surface area contributed by atoms with E-state index < -0.39 is 28.5 Å². The molecule has 150 valence electrons. The Kier molecular flexibility index (Phi) is 7.50. The van der Waals surface area contributed by atoms with Crippen molar-refractivity contribution in [1.82, 2.24) is 9.29 Å². The van der Waals surface area contributed by atoms with Crippen LogP contribution in [0.4, 0.5) is 5.69 Å². The highest BCUT2D eigenvalue weighted by atomic mass is 35.5. The lowest BCUT2D eigenvalue weighted by Crippen LogP contribution is -2.30. The van der Waals surface area contributed by atoms with E-state index in [1.807, 2.05) is 0 Å². The number of esters is 1. The second kappa shape index (κ2) is 9.63. The lowest BCUT2D eigenvalue weighted by Gasteiger charge is -2.18. The number of benzene rings is 1. The third-order valence-electron chi connectivity index (χ3n) is 3.78. The molecule has 10 heteroatoms. The molecule has 0 bridgehead atoms. The Hall–Kier alpha value is -2.49. The first-order chi connectivity index (χ1) is 13.3. The number of anilines is 1. The van der Waals surface area contributed by atoms with Crippen LogP contribution in [0.5, 0.6) is 0 Å². The maximum absolute atomic E-state index is 12.4. The molecule has 0 aliphatic heterocycles. The number of rotatable bonds is 8. The predicted molar refractivity (Wildman–Crippen MR) is 105 cm³/mol. The normalized spacial score (nSPS) is 11.3. The van der Waals surface area contributed by atoms with E-state index in [1.165, 1.54) is 46.9 Å². The van der Waals surface area contributed by atoms with Crippen molar-refractivity contribution < 1.29 is 22.7 Å². The largest absolute Gasteiger partial charge is 0.452 e. The summed E-state index contributed by atoms with van der Waals surface area (Å²) in [5, 5.41) is 2.77. The summed E-state index contributed by atoms with van der Waals surface area (Å²) in [5.41, 5.74) is 0.552. The van der Waals surface area contributed by atoms with E-state index in [0.717, 1.165) is 0 Å². The molecule has 0 saturated carbocycles. The molecule has 28 heavy (non-hydrogen) atoms. The van der Waals surface area contributed by atoms with Crippen molar-refractivity contribution in [2.75, 3.05) is 25.0 Å². The third-order valence-corrected chi connectivity index (χ3v) is 6.07. The van der Waals surface area contributed by atoms with Crippen LogP contribution in [0, 0.1) is 0 Å². The summed E-state index contributed by atoms with van der Waals surface area (Å²) in [7, 11) is -3.57. The van der Waals surface area contributed by atoms with Crippen molar-refractivity contribution in [2.45, 2.75) is 18.7 Å². The summed E-state index contributed by atoms with van der Waals surface area (Å²) in [6, 6.07) is 8.64. The number of carbonyl (C=O) groups excluding carboxylic acids is 2. The van der Waals surface area contributed by atoms with Gasteiger partial charge in [-0.25, -0.2) is 18.2 Å². The zero-order valence-corrected chi connectivity index (χ0v) is 17.0. The number of ether oxygens (including phenoxy) is 1. The van der Waals surface area contributed by atoms with Gasteiger partial charge in [-0.05, 0) is 36.4 Å². The van der Waals surface area contributed by atoms with Gasteiger partial charge in [-0.3, -0.25) is 4.79 Å². The Morgan fingerprint density at radius 3 is 2.29 bits per heavy atom. The number of halogens is 1. The highest BCUT2D eigenvalue weighted by Crippen LogP contribution is 2.18. The second-order valence-electron chi connectivity index (χ2n) is 5.61. The number of hydrogen-bond acceptors (Lipinski definition) is 6. The highest BCUT2D eigenvalue weighted by molar-refractivity contribution is 7.89. The molecule has 8 nitrogen and oxygen atoms in total. The minimum absolute atomic E-state index is 0.135. The number of amides is 1. The number of carbonyl (C=O) groups is 2. The monoisotopic (exact) mass is 425 g/mol.